The molecule has 5 heteroatoms. The Morgan fingerprint density at radius 2 is 2.00 bits per heavy atom. The first kappa shape index (κ1) is 13.9. The van der Waals surface area contributed by atoms with Crippen LogP contribution in [0.3, 0.4) is 0 Å². The zero-order chi connectivity index (χ0) is 13.9. The highest BCUT2D eigenvalue weighted by atomic mass is 16.5. The number of methoxy groups -OCH3 is 1. The first-order valence-corrected chi connectivity index (χ1v) is 6.92. The van der Waals surface area contributed by atoms with Gasteiger partial charge < -0.3 is 15.4 Å². The second-order valence-corrected chi connectivity index (χ2v) is 5.79. The van der Waals surface area contributed by atoms with Gasteiger partial charge in [0.25, 0.3) is 0 Å². The third-order valence-corrected chi connectivity index (χ3v) is 4.06. The molecule has 1 aromatic heterocycles. The van der Waals surface area contributed by atoms with E-state index in [1.165, 1.54) is 25.7 Å². The van der Waals surface area contributed by atoms with Crippen molar-refractivity contribution in [3.05, 3.63) is 6.33 Å². The molecule has 1 saturated carbocycles. The van der Waals surface area contributed by atoms with Crippen molar-refractivity contribution in [2.45, 2.75) is 45.6 Å². The van der Waals surface area contributed by atoms with Crippen LogP contribution in [0.5, 0.6) is 5.75 Å². The van der Waals surface area contributed by atoms with Crippen molar-refractivity contribution >= 4 is 11.6 Å². The molecular formula is C14H24N4O. The van der Waals surface area contributed by atoms with E-state index in [1.807, 2.05) is 7.05 Å². The Morgan fingerprint density at radius 1 is 1.26 bits per heavy atom. The van der Waals surface area contributed by atoms with Gasteiger partial charge in [-0.15, -0.1) is 0 Å². The van der Waals surface area contributed by atoms with E-state index < -0.39 is 0 Å². The quantitative estimate of drug-likeness (QED) is 0.875. The maximum absolute atomic E-state index is 5.43. The highest BCUT2D eigenvalue weighted by Crippen LogP contribution is 2.39. The molecule has 5 nitrogen and oxygen atoms in total. The minimum absolute atomic E-state index is 0.286. The second kappa shape index (κ2) is 5.63. The van der Waals surface area contributed by atoms with Crippen LogP contribution in [-0.2, 0) is 0 Å². The largest absolute Gasteiger partial charge is 0.490 e. The molecule has 0 bridgehead atoms. The summed E-state index contributed by atoms with van der Waals surface area (Å²) in [6, 6.07) is 0.426. The van der Waals surface area contributed by atoms with Crippen molar-refractivity contribution < 1.29 is 4.74 Å². The summed E-state index contributed by atoms with van der Waals surface area (Å²) in [6.07, 6.45) is 6.57. The Labute approximate surface area is 115 Å². The van der Waals surface area contributed by atoms with Crippen molar-refractivity contribution in [3.63, 3.8) is 0 Å². The molecule has 1 unspecified atom stereocenters. The van der Waals surface area contributed by atoms with Gasteiger partial charge in [0, 0.05) is 13.1 Å². The summed E-state index contributed by atoms with van der Waals surface area (Å²) < 4.78 is 5.43. The van der Waals surface area contributed by atoms with Gasteiger partial charge in [0.15, 0.2) is 11.6 Å². The summed E-state index contributed by atoms with van der Waals surface area (Å²) in [5.74, 6) is 2.18. The van der Waals surface area contributed by atoms with Crippen molar-refractivity contribution in [2.75, 3.05) is 24.8 Å². The Bertz CT molecular complexity index is 433. The van der Waals surface area contributed by atoms with Gasteiger partial charge in [-0.25, -0.2) is 9.97 Å². The number of rotatable bonds is 4. The predicted octanol–water partition coefficient (Wildman–Crippen LogP) is 2.91. The minimum atomic E-state index is 0.286. The highest BCUT2D eigenvalue weighted by Gasteiger charge is 2.33. The Kier molecular flexibility index (Phi) is 4.12. The monoisotopic (exact) mass is 264 g/mol. The number of nitrogens with zero attached hydrogens (tertiary/aromatic N) is 2. The van der Waals surface area contributed by atoms with Crippen LogP contribution in [0.4, 0.5) is 11.6 Å². The van der Waals surface area contributed by atoms with Crippen LogP contribution in [0.15, 0.2) is 6.33 Å². The van der Waals surface area contributed by atoms with E-state index >= 15 is 0 Å². The topological polar surface area (TPSA) is 59.1 Å². The number of aromatic nitrogens is 2. The molecule has 19 heavy (non-hydrogen) atoms. The van der Waals surface area contributed by atoms with Crippen molar-refractivity contribution in [1.82, 2.24) is 9.97 Å². The first-order chi connectivity index (χ1) is 9.08. The predicted molar refractivity (Wildman–Crippen MR) is 77.8 cm³/mol. The molecule has 0 saturated heterocycles. The Morgan fingerprint density at radius 3 is 2.63 bits per heavy atom. The molecule has 1 fully saturated rings. The number of nitrogens with one attached hydrogen (secondary N) is 2. The molecule has 1 aromatic rings. The molecule has 106 valence electrons. The van der Waals surface area contributed by atoms with E-state index in [0.29, 0.717) is 17.6 Å². The average molecular weight is 264 g/mol. The van der Waals surface area contributed by atoms with Gasteiger partial charge in [0.1, 0.15) is 6.33 Å². The summed E-state index contributed by atoms with van der Waals surface area (Å²) in [7, 11) is 3.48. The van der Waals surface area contributed by atoms with Gasteiger partial charge in [-0.05, 0) is 18.3 Å². The average Bonchev–Trinajstić information content (AvgIpc) is 2.40. The van der Waals surface area contributed by atoms with Crippen molar-refractivity contribution in [1.29, 1.82) is 0 Å². The molecular weight excluding hydrogens is 240 g/mol. The normalized spacial score (nSPS) is 21.8. The van der Waals surface area contributed by atoms with Crippen LogP contribution in [-0.4, -0.2) is 30.2 Å². The fourth-order valence-corrected chi connectivity index (χ4v) is 2.77. The van der Waals surface area contributed by atoms with Crippen molar-refractivity contribution in [2.24, 2.45) is 5.41 Å². The summed E-state index contributed by atoms with van der Waals surface area (Å²) >= 11 is 0. The van der Waals surface area contributed by atoms with Crippen LogP contribution >= 0.6 is 0 Å². The van der Waals surface area contributed by atoms with E-state index in [9.17, 15) is 0 Å². The van der Waals surface area contributed by atoms with Gasteiger partial charge in [-0.2, -0.15) is 0 Å². The maximum Gasteiger partial charge on any atom is 0.204 e. The fourth-order valence-electron chi connectivity index (χ4n) is 2.77. The number of hydrogen-bond acceptors (Lipinski definition) is 5. The van der Waals surface area contributed by atoms with Crippen LogP contribution in [0.1, 0.15) is 39.5 Å². The molecule has 0 amide bonds. The molecule has 1 heterocycles. The van der Waals surface area contributed by atoms with Crippen LogP contribution in [0.2, 0.25) is 0 Å². The molecule has 1 aliphatic rings. The number of ether oxygens (including phenoxy) is 1. The van der Waals surface area contributed by atoms with E-state index in [1.54, 1.807) is 13.4 Å². The van der Waals surface area contributed by atoms with E-state index in [2.05, 4.69) is 34.4 Å². The van der Waals surface area contributed by atoms with E-state index in [0.717, 1.165) is 5.82 Å². The van der Waals surface area contributed by atoms with E-state index in [-0.39, 0.29) is 5.41 Å². The van der Waals surface area contributed by atoms with Crippen LogP contribution in [0, 0.1) is 5.41 Å². The summed E-state index contributed by atoms with van der Waals surface area (Å²) in [5.41, 5.74) is 0.286. The number of anilines is 2. The summed E-state index contributed by atoms with van der Waals surface area (Å²) in [4.78, 5) is 8.50. The zero-order valence-corrected chi connectivity index (χ0v) is 12.3. The smallest absolute Gasteiger partial charge is 0.204 e. The van der Waals surface area contributed by atoms with Crippen molar-refractivity contribution in [3.8, 4) is 5.75 Å². The lowest BCUT2D eigenvalue weighted by molar-refractivity contribution is 0.216. The summed E-state index contributed by atoms with van der Waals surface area (Å²) in [6.45, 7) is 4.63. The molecule has 2 N–H and O–H groups in total. The first-order valence-electron chi connectivity index (χ1n) is 6.92. The van der Waals surface area contributed by atoms with Gasteiger partial charge in [0.2, 0.25) is 5.75 Å². The van der Waals surface area contributed by atoms with Crippen LogP contribution < -0.4 is 15.4 Å². The second-order valence-electron chi connectivity index (χ2n) is 5.79. The standard InChI is InChI=1S/C14H24N4O/c1-14(2)8-6-5-7-10(14)18-13-11(19-4)12(15-3)16-9-17-13/h9-10H,5-8H2,1-4H3,(H2,15,16,17,18). The molecule has 2 rings (SSSR count). The molecule has 0 aliphatic heterocycles. The van der Waals surface area contributed by atoms with Gasteiger partial charge in [-0.1, -0.05) is 26.7 Å². The Balaban J connectivity index is 2.23. The fraction of sp³-hybridized carbons (Fsp3) is 0.714. The maximum atomic E-state index is 5.43. The molecule has 0 aromatic carbocycles. The lowest BCUT2D eigenvalue weighted by Crippen LogP contribution is -2.39. The lowest BCUT2D eigenvalue weighted by atomic mass is 9.73. The Hall–Kier alpha value is -1.52. The van der Waals surface area contributed by atoms with E-state index in [4.69, 9.17) is 4.74 Å². The summed E-state index contributed by atoms with van der Waals surface area (Å²) in [5, 5.41) is 6.58. The highest BCUT2D eigenvalue weighted by molar-refractivity contribution is 5.63. The van der Waals surface area contributed by atoms with Gasteiger partial charge in [0.05, 0.1) is 7.11 Å². The molecule has 1 aliphatic carbocycles. The van der Waals surface area contributed by atoms with Crippen LogP contribution in [0.25, 0.3) is 0 Å². The third-order valence-electron chi connectivity index (χ3n) is 4.06. The molecule has 1 atom stereocenters. The van der Waals surface area contributed by atoms with Gasteiger partial charge >= 0.3 is 0 Å². The number of hydrogen-bond donors (Lipinski definition) is 2. The lowest BCUT2D eigenvalue weighted by Gasteiger charge is -2.39. The molecule has 0 radical (unpaired) electrons. The molecule has 0 spiro atoms. The zero-order valence-electron chi connectivity index (χ0n) is 12.3. The third kappa shape index (κ3) is 2.91. The minimum Gasteiger partial charge on any atom is -0.490 e. The van der Waals surface area contributed by atoms with Gasteiger partial charge in [-0.3, -0.25) is 0 Å². The SMILES string of the molecule is CNc1ncnc(NC2CCCCC2(C)C)c1OC.